The van der Waals surface area contributed by atoms with Crippen LogP contribution in [0.1, 0.15) is 67.1 Å². The van der Waals surface area contributed by atoms with Crippen LogP contribution in [-0.4, -0.2) is 16.5 Å². The van der Waals surface area contributed by atoms with E-state index in [4.69, 9.17) is 15.2 Å². The summed E-state index contributed by atoms with van der Waals surface area (Å²) in [5.74, 6) is 2.67. The summed E-state index contributed by atoms with van der Waals surface area (Å²) in [7, 11) is 0. The largest absolute Gasteiger partial charge is 0.369 e. The first-order valence-corrected chi connectivity index (χ1v) is 9.61. The van der Waals surface area contributed by atoms with Gasteiger partial charge in [-0.15, -0.1) is 11.3 Å². The molecule has 2 aromatic rings. The van der Waals surface area contributed by atoms with Gasteiger partial charge in [0.2, 0.25) is 0 Å². The number of nitrogens with zero attached hydrogens (tertiary/aromatic N) is 3. The van der Waals surface area contributed by atoms with E-state index in [1.807, 2.05) is 11.3 Å². The topological polar surface area (TPSA) is 61.6 Å². The Morgan fingerprint density at radius 2 is 2.04 bits per heavy atom. The number of hydrogen-bond acceptors (Lipinski definition) is 5. The normalized spacial score (nSPS) is 17.0. The number of nitrogens with one attached hydrogen (secondary N) is 1. The zero-order valence-corrected chi connectivity index (χ0v) is 14.2. The molecule has 0 spiro atoms. The van der Waals surface area contributed by atoms with Crippen LogP contribution in [0.25, 0.3) is 10.2 Å². The Morgan fingerprint density at radius 3 is 2.87 bits per heavy atom. The third-order valence-corrected chi connectivity index (χ3v) is 5.97. The third kappa shape index (κ3) is 3.05. The first-order chi connectivity index (χ1) is 11.4. The van der Waals surface area contributed by atoms with Gasteiger partial charge in [-0.1, -0.05) is 0 Å². The first-order valence-electron chi connectivity index (χ1n) is 8.80. The van der Waals surface area contributed by atoms with Gasteiger partial charge in [0, 0.05) is 23.8 Å². The van der Waals surface area contributed by atoms with Gasteiger partial charge in [-0.05, 0) is 56.9 Å². The van der Waals surface area contributed by atoms with Gasteiger partial charge >= 0.3 is 0 Å². The zero-order chi connectivity index (χ0) is 15.6. The lowest BCUT2D eigenvalue weighted by Crippen LogP contribution is -2.07. The first kappa shape index (κ1) is 14.9. The Hall–Kier alpha value is -1.67. The van der Waals surface area contributed by atoms with Crippen molar-refractivity contribution in [1.82, 2.24) is 9.97 Å². The van der Waals surface area contributed by atoms with Crippen LogP contribution in [0.3, 0.4) is 0 Å². The highest BCUT2D eigenvalue weighted by Crippen LogP contribution is 2.43. The van der Waals surface area contributed by atoms with E-state index in [9.17, 15) is 0 Å². The van der Waals surface area contributed by atoms with Gasteiger partial charge in [-0.3, -0.25) is 0 Å². The Bertz CT molecular complexity index is 754. The molecule has 4 rings (SSSR count). The van der Waals surface area contributed by atoms with Crippen LogP contribution in [0.15, 0.2) is 0 Å². The summed E-state index contributed by atoms with van der Waals surface area (Å²) in [6.45, 7) is 0.891. The number of fused-ring (bicyclic) bond motifs is 3. The molecule has 0 aromatic carbocycles. The van der Waals surface area contributed by atoms with Crippen LogP contribution in [0.2, 0.25) is 0 Å². The summed E-state index contributed by atoms with van der Waals surface area (Å²) in [4.78, 5) is 12.5. The van der Waals surface area contributed by atoms with Crippen LogP contribution >= 0.6 is 11.3 Å². The molecule has 0 atom stereocenters. The third-order valence-electron chi connectivity index (χ3n) is 4.78. The molecule has 0 unspecified atom stereocenters. The van der Waals surface area contributed by atoms with E-state index in [0.29, 0.717) is 12.3 Å². The highest BCUT2D eigenvalue weighted by Gasteiger charge is 2.29. The summed E-state index contributed by atoms with van der Waals surface area (Å²) in [5.41, 5.74) is 1.50. The van der Waals surface area contributed by atoms with Gasteiger partial charge in [0.05, 0.1) is 11.5 Å². The van der Waals surface area contributed by atoms with Crippen molar-refractivity contribution in [2.45, 2.75) is 63.7 Å². The Morgan fingerprint density at radius 1 is 1.17 bits per heavy atom. The van der Waals surface area contributed by atoms with Crippen molar-refractivity contribution < 1.29 is 0 Å². The van der Waals surface area contributed by atoms with Crippen molar-refractivity contribution in [2.75, 3.05) is 11.9 Å². The maximum Gasteiger partial charge on any atom is 0.138 e. The molecule has 0 radical (unpaired) electrons. The van der Waals surface area contributed by atoms with E-state index in [0.717, 1.165) is 31.0 Å². The molecule has 2 aliphatic rings. The number of rotatable bonds is 6. The molecule has 23 heavy (non-hydrogen) atoms. The van der Waals surface area contributed by atoms with Crippen molar-refractivity contribution >= 4 is 27.4 Å². The Balaban J connectivity index is 1.65. The van der Waals surface area contributed by atoms with Crippen LogP contribution < -0.4 is 5.32 Å². The SMILES string of the molecule is N#CCCCCNc1nc(C2CC2)nc2sc3c(c12)CCCC3. The Kier molecular flexibility index (Phi) is 4.17. The monoisotopic (exact) mass is 326 g/mol. The maximum atomic E-state index is 8.64. The van der Waals surface area contributed by atoms with Crippen LogP contribution in [0, 0.1) is 11.3 Å². The molecule has 2 aromatic heterocycles. The lowest BCUT2D eigenvalue weighted by atomic mass is 9.97. The molecular weight excluding hydrogens is 304 g/mol. The number of aromatic nitrogens is 2. The van der Waals surface area contributed by atoms with Crippen LogP contribution in [0.4, 0.5) is 5.82 Å². The minimum atomic E-state index is 0.581. The number of thiophene rings is 1. The van der Waals surface area contributed by atoms with Gasteiger partial charge in [0.25, 0.3) is 0 Å². The molecule has 0 aliphatic heterocycles. The predicted molar refractivity (Wildman–Crippen MR) is 94.0 cm³/mol. The minimum absolute atomic E-state index is 0.581. The van der Waals surface area contributed by atoms with E-state index in [-0.39, 0.29) is 0 Å². The van der Waals surface area contributed by atoms with Gasteiger partial charge in [0.15, 0.2) is 0 Å². The summed E-state index contributed by atoms with van der Waals surface area (Å²) in [5, 5.41) is 13.5. The fraction of sp³-hybridized carbons (Fsp3) is 0.611. The second kappa shape index (κ2) is 6.45. The fourth-order valence-electron chi connectivity index (χ4n) is 3.36. The van der Waals surface area contributed by atoms with Gasteiger partial charge in [-0.2, -0.15) is 5.26 Å². The van der Waals surface area contributed by atoms with Crippen molar-refractivity contribution in [2.24, 2.45) is 0 Å². The maximum absolute atomic E-state index is 8.64. The summed E-state index contributed by atoms with van der Waals surface area (Å²) in [6, 6.07) is 2.21. The summed E-state index contributed by atoms with van der Waals surface area (Å²) in [6.07, 6.45) is 10.0. The molecule has 1 fully saturated rings. The van der Waals surface area contributed by atoms with E-state index in [1.54, 1.807) is 0 Å². The van der Waals surface area contributed by atoms with E-state index < -0.39 is 0 Å². The van der Waals surface area contributed by atoms with E-state index in [1.165, 1.54) is 59.2 Å². The number of nitriles is 1. The highest BCUT2D eigenvalue weighted by atomic mass is 32.1. The molecule has 4 nitrogen and oxygen atoms in total. The lowest BCUT2D eigenvalue weighted by Gasteiger charge is -2.13. The second-order valence-electron chi connectivity index (χ2n) is 6.64. The number of hydrogen-bond donors (Lipinski definition) is 1. The number of aryl methyl sites for hydroxylation is 2. The molecule has 5 heteroatoms. The zero-order valence-electron chi connectivity index (χ0n) is 13.4. The standard InChI is InChI=1S/C18H22N4S/c19-10-4-1-5-11-20-17-15-13-6-2-3-7-14(13)23-18(15)22-16(21-17)12-8-9-12/h12H,1-9,11H2,(H,20,21,22). The Labute approximate surface area is 141 Å². The molecule has 2 aliphatic carbocycles. The highest BCUT2D eigenvalue weighted by molar-refractivity contribution is 7.19. The van der Waals surface area contributed by atoms with Crippen LogP contribution in [-0.2, 0) is 12.8 Å². The summed E-state index contributed by atoms with van der Waals surface area (Å²) < 4.78 is 0. The molecule has 0 bridgehead atoms. The minimum Gasteiger partial charge on any atom is -0.369 e. The molecule has 0 saturated heterocycles. The van der Waals surface area contributed by atoms with Gasteiger partial charge in [-0.25, -0.2) is 9.97 Å². The van der Waals surface area contributed by atoms with Crippen molar-refractivity contribution in [3.8, 4) is 6.07 Å². The lowest BCUT2D eigenvalue weighted by molar-refractivity contribution is 0.700. The van der Waals surface area contributed by atoms with Crippen molar-refractivity contribution in [3.63, 3.8) is 0 Å². The molecule has 1 N–H and O–H groups in total. The molecule has 120 valence electrons. The van der Waals surface area contributed by atoms with Crippen LogP contribution in [0.5, 0.6) is 0 Å². The summed E-state index contributed by atoms with van der Waals surface area (Å²) >= 11 is 1.89. The van der Waals surface area contributed by atoms with Crippen molar-refractivity contribution in [3.05, 3.63) is 16.3 Å². The van der Waals surface area contributed by atoms with E-state index in [2.05, 4.69) is 11.4 Å². The average molecular weight is 326 g/mol. The molecular formula is C18H22N4S. The fourth-order valence-corrected chi connectivity index (χ4v) is 4.63. The average Bonchev–Trinajstić information content (AvgIpc) is 3.35. The molecule has 1 saturated carbocycles. The molecule has 0 amide bonds. The smallest absolute Gasteiger partial charge is 0.138 e. The number of anilines is 1. The van der Waals surface area contributed by atoms with Gasteiger partial charge < -0.3 is 5.32 Å². The number of unbranched alkanes of at least 4 members (excludes halogenated alkanes) is 2. The van der Waals surface area contributed by atoms with Gasteiger partial charge in [0.1, 0.15) is 16.5 Å². The predicted octanol–water partition coefficient (Wildman–Crippen LogP) is 4.55. The van der Waals surface area contributed by atoms with E-state index >= 15 is 0 Å². The quantitative estimate of drug-likeness (QED) is 0.791. The molecule has 2 heterocycles. The van der Waals surface area contributed by atoms with Crippen molar-refractivity contribution in [1.29, 1.82) is 5.26 Å². The second-order valence-corrected chi connectivity index (χ2v) is 7.72.